The smallest absolute Gasteiger partial charge is 0.328 e. The van der Waals surface area contributed by atoms with Crippen LogP contribution in [0.4, 0.5) is 11.4 Å². The van der Waals surface area contributed by atoms with Crippen molar-refractivity contribution in [2.75, 3.05) is 5.32 Å². The number of anilines is 2. The average molecular weight is 622 g/mol. The lowest BCUT2D eigenvalue weighted by atomic mass is 10.1. The minimum Gasteiger partial charge on any atom is -0.478 e. The summed E-state index contributed by atoms with van der Waals surface area (Å²) in [7, 11) is 0. The molecule has 0 saturated heterocycles. The molecule has 1 aliphatic carbocycles. The Hall–Kier alpha value is -4.91. The third-order valence-corrected chi connectivity index (χ3v) is 7.02. The molecule has 44 heavy (non-hydrogen) atoms. The second kappa shape index (κ2) is 14.0. The fourth-order valence-corrected chi connectivity index (χ4v) is 4.87. The molecular weight excluding hydrogens is 591 g/mol. The zero-order valence-corrected chi connectivity index (χ0v) is 25.7. The highest BCUT2D eigenvalue weighted by Crippen LogP contribution is 2.31. The summed E-state index contributed by atoms with van der Waals surface area (Å²) in [6, 6.07) is 37.2. The van der Waals surface area contributed by atoms with E-state index in [1.165, 1.54) is 0 Å². The number of aromatic nitrogens is 2. The van der Waals surface area contributed by atoms with E-state index in [1.54, 1.807) is 6.08 Å². The van der Waals surface area contributed by atoms with Crippen molar-refractivity contribution in [1.82, 2.24) is 9.55 Å². The van der Waals surface area contributed by atoms with Gasteiger partial charge in [0.15, 0.2) is 0 Å². The number of hydrogen-bond donors (Lipinski definition) is 2. The van der Waals surface area contributed by atoms with Crippen LogP contribution in [0.5, 0.6) is 0 Å². The quantitative estimate of drug-likeness (QED) is 0.144. The van der Waals surface area contributed by atoms with Gasteiger partial charge in [-0.3, -0.25) is 4.99 Å². The van der Waals surface area contributed by atoms with Gasteiger partial charge in [0.1, 0.15) is 0 Å². The number of carboxylic acid groups (broad SMARTS) is 1. The summed E-state index contributed by atoms with van der Waals surface area (Å²) in [5.41, 5.74) is 7.49. The van der Waals surface area contributed by atoms with E-state index in [0.717, 1.165) is 56.5 Å². The van der Waals surface area contributed by atoms with Crippen molar-refractivity contribution in [3.63, 3.8) is 0 Å². The van der Waals surface area contributed by atoms with Crippen LogP contribution in [0.1, 0.15) is 19.4 Å². The lowest BCUT2D eigenvalue weighted by Crippen LogP contribution is -2.16. The number of para-hydroxylation sites is 2. The maximum atomic E-state index is 10.1. The van der Waals surface area contributed by atoms with Crippen LogP contribution >= 0.6 is 23.2 Å². The highest BCUT2D eigenvalue weighted by molar-refractivity contribution is 6.30. The lowest BCUT2D eigenvalue weighted by molar-refractivity contribution is -0.131. The summed E-state index contributed by atoms with van der Waals surface area (Å²) in [5, 5.41) is 14.0. The van der Waals surface area contributed by atoms with E-state index in [4.69, 9.17) is 38.3 Å². The zero-order chi connectivity index (χ0) is 31.1. The number of halogens is 2. The Labute approximate surface area is 265 Å². The van der Waals surface area contributed by atoms with E-state index in [0.29, 0.717) is 10.0 Å². The summed E-state index contributed by atoms with van der Waals surface area (Å²) in [5.74, 6) is -0.922. The van der Waals surface area contributed by atoms with Crippen LogP contribution in [0.2, 0.25) is 10.0 Å². The van der Waals surface area contributed by atoms with E-state index in [1.807, 2.05) is 97.1 Å². The minimum absolute atomic E-state index is 0.130. The molecule has 220 valence electrons. The Morgan fingerprint density at radius 1 is 0.864 bits per heavy atom. The van der Waals surface area contributed by atoms with Gasteiger partial charge in [0, 0.05) is 33.5 Å². The predicted molar refractivity (Wildman–Crippen MR) is 181 cm³/mol. The first-order chi connectivity index (χ1) is 21.3. The topological polar surface area (TPSA) is 79.5 Å². The van der Waals surface area contributed by atoms with Gasteiger partial charge in [-0.2, -0.15) is 0 Å². The zero-order valence-electron chi connectivity index (χ0n) is 24.2. The largest absolute Gasteiger partial charge is 0.478 e. The van der Waals surface area contributed by atoms with Gasteiger partial charge in [0.25, 0.3) is 0 Å². The second-order valence-electron chi connectivity index (χ2n) is 10.2. The van der Waals surface area contributed by atoms with Crippen LogP contribution < -0.4 is 10.7 Å². The first-order valence-corrected chi connectivity index (χ1v) is 14.8. The minimum atomic E-state index is -0.922. The fourth-order valence-electron chi connectivity index (χ4n) is 4.62. The molecule has 0 saturated carbocycles. The number of aliphatic carboxylic acids is 1. The number of fused-ring (bicyclic) bond motifs is 2. The van der Waals surface area contributed by atoms with E-state index in [2.05, 4.69) is 41.9 Å². The third kappa shape index (κ3) is 7.72. The Morgan fingerprint density at radius 3 is 2.16 bits per heavy atom. The summed E-state index contributed by atoms with van der Waals surface area (Å²) in [4.78, 5) is 20.0. The van der Waals surface area contributed by atoms with Gasteiger partial charge in [-0.05, 0) is 98.3 Å². The number of nitrogens with one attached hydrogen (secondary N) is 1. The van der Waals surface area contributed by atoms with Gasteiger partial charge < -0.3 is 15.0 Å². The van der Waals surface area contributed by atoms with Crippen LogP contribution in [0, 0.1) is 0 Å². The number of rotatable bonds is 6. The summed E-state index contributed by atoms with van der Waals surface area (Å²) in [6.45, 7) is 4.14. The molecule has 0 unspecified atom stereocenters. The van der Waals surface area contributed by atoms with E-state index in [9.17, 15) is 4.79 Å². The molecular formula is C36H30Cl2N4O2. The highest BCUT2D eigenvalue weighted by Gasteiger charge is 2.16. The van der Waals surface area contributed by atoms with Crippen LogP contribution in [0.3, 0.4) is 0 Å². The van der Waals surface area contributed by atoms with Gasteiger partial charge >= 0.3 is 5.97 Å². The molecule has 1 heterocycles. The van der Waals surface area contributed by atoms with E-state index >= 15 is 0 Å². The van der Waals surface area contributed by atoms with Gasteiger partial charge in [-0.1, -0.05) is 65.7 Å². The Kier molecular flexibility index (Phi) is 9.75. The summed E-state index contributed by atoms with van der Waals surface area (Å²) < 4.78 is 2.21. The van der Waals surface area contributed by atoms with Crippen molar-refractivity contribution in [3.05, 3.63) is 142 Å². The Morgan fingerprint density at radius 2 is 1.50 bits per heavy atom. The molecule has 0 fully saturated rings. The van der Waals surface area contributed by atoms with Crippen molar-refractivity contribution in [3.8, 4) is 17.1 Å². The number of nitrogens with zero attached hydrogens (tertiary/aromatic N) is 3. The number of carbonyl (C=O) groups is 1. The Balaban J connectivity index is 0.000000296. The molecule has 0 amide bonds. The molecule has 2 N–H and O–H groups in total. The monoisotopic (exact) mass is 620 g/mol. The standard InChI is InChI=1S/C27H22Cl2N4.C9H8O2/c1-17(2)30-24-16-27-25(15-23(24)31-20-11-7-18(28)8-12-20)32-22-5-3-4-6-26(22)33(27)21-13-9-19(29)10-14-21;10-9(11)7-6-8-4-2-1-3-5-8/h3-17,31H,1-2H3;1-7H,(H,10,11)/b;7-6+. The number of carboxylic acids is 1. The Bertz CT molecular complexity index is 1950. The van der Waals surface area contributed by atoms with Gasteiger partial charge in [-0.15, -0.1) is 0 Å². The molecule has 1 aliphatic heterocycles. The van der Waals surface area contributed by atoms with Crippen molar-refractivity contribution in [2.45, 2.75) is 19.9 Å². The normalized spacial score (nSPS) is 11.6. The molecule has 4 aromatic rings. The first-order valence-electron chi connectivity index (χ1n) is 14.0. The SMILES string of the molecule is CC(C)N=c1cc2n(-c3ccc(Cl)cc3)c3ccccc3nc-2cc1Nc1ccc(Cl)cc1.O=C(O)/C=C/c1ccccc1. The van der Waals surface area contributed by atoms with Crippen molar-refractivity contribution < 1.29 is 9.90 Å². The molecule has 0 radical (unpaired) electrons. The third-order valence-electron chi connectivity index (χ3n) is 6.52. The second-order valence-corrected chi connectivity index (χ2v) is 11.1. The van der Waals surface area contributed by atoms with Crippen LogP contribution in [-0.4, -0.2) is 26.7 Å². The molecule has 2 aliphatic rings. The molecule has 0 aromatic heterocycles. The van der Waals surface area contributed by atoms with Crippen LogP contribution in [0.15, 0.2) is 126 Å². The maximum absolute atomic E-state index is 10.1. The molecule has 6 rings (SSSR count). The lowest BCUT2D eigenvalue weighted by Gasteiger charge is -2.20. The van der Waals surface area contributed by atoms with Gasteiger partial charge in [-0.25, -0.2) is 9.78 Å². The van der Waals surface area contributed by atoms with Crippen molar-refractivity contribution >= 4 is 57.7 Å². The van der Waals surface area contributed by atoms with Crippen LogP contribution in [0.25, 0.3) is 34.2 Å². The fraction of sp³-hybridized carbons (Fsp3) is 0.0833. The molecule has 8 heteroatoms. The number of hydrogen-bond acceptors (Lipinski definition) is 4. The summed E-state index contributed by atoms with van der Waals surface area (Å²) >= 11 is 12.2. The number of benzene rings is 5. The molecule has 6 nitrogen and oxygen atoms in total. The molecule has 0 spiro atoms. The van der Waals surface area contributed by atoms with E-state index in [-0.39, 0.29) is 6.04 Å². The van der Waals surface area contributed by atoms with Gasteiger partial charge in [0.2, 0.25) is 0 Å². The van der Waals surface area contributed by atoms with Crippen molar-refractivity contribution in [1.29, 1.82) is 0 Å². The van der Waals surface area contributed by atoms with Gasteiger partial charge in [0.05, 0.1) is 33.5 Å². The first kappa shape index (κ1) is 30.5. The molecule has 4 aromatic carbocycles. The van der Waals surface area contributed by atoms with Crippen LogP contribution in [-0.2, 0) is 4.79 Å². The highest BCUT2D eigenvalue weighted by atomic mass is 35.5. The maximum Gasteiger partial charge on any atom is 0.328 e. The summed E-state index contributed by atoms with van der Waals surface area (Å²) in [6.07, 6.45) is 2.68. The van der Waals surface area contributed by atoms with E-state index < -0.39 is 5.97 Å². The molecule has 0 bridgehead atoms. The van der Waals surface area contributed by atoms with Crippen molar-refractivity contribution in [2.24, 2.45) is 4.99 Å². The predicted octanol–water partition coefficient (Wildman–Crippen LogP) is 9.27. The molecule has 0 atom stereocenters. The average Bonchev–Trinajstić information content (AvgIpc) is 3.01.